The summed E-state index contributed by atoms with van der Waals surface area (Å²) in [6.45, 7) is 2.85. The largest absolute Gasteiger partial charge is 0.493 e. The molecule has 5 heteroatoms. The van der Waals surface area contributed by atoms with E-state index in [1.54, 1.807) is 14.2 Å². The van der Waals surface area contributed by atoms with Crippen molar-refractivity contribution < 1.29 is 24.2 Å². The summed E-state index contributed by atoms with van der Waals surface area (Å²) in [5.41, 5.74) is 2.80. The van der Waals surface area contributed by atoms with E-state index in [-0.39, 0.29) is 6.61 Å². The van der Waals surface area contributed by atoms with E-state index in [1.165, 1.54) is 16.0 Å². The highest BCUT2D eigenvalue weighted by Crippen LogP contribution is 2.36. The Morgan fingerprint density at radius 1 is 1.00 bits per heavy atom. The average molecular weight is 344 g/mol. The van der Waals surface area contributed by atoms with Crippen LogP contribution in [-0.4, -0.2) is 45.1 Å². The van der Waals surface area contributed by atoms with Crippen LogP contribution in [0.2, 0.25) is 0 Å². The molecule has 2 aromatic carbocycles. The lowest BCUT2D eigenvalue weighted by molar-refractivity contribution is -0.918. The van der Waals surface area contributed by atoms with E-state index in [2.05, 4.69) is 24.3 Å². The number of methoxy groups -OCH3 is 2. The van der Waals surface area contributed by atoms with Gasteiger partial charge in [-0.2, -0.15) is 0 Å². The quantitative estimate of drug-likeness (QED) is 0.789. The van der Waals surface area contributed by atoms with Crippen molar-refractivity contribution >= 4 is 0 Å². The second-order valence-corrected chi connectivity index (χ2v) is 6.36. The van der Waals surface area contributed by atoms with Crippen LogP contribution in [0, 0.1) is 0 Å². The lowest BCUT2D eigenvalue weighted by atomic mass is 10.00. The topological polar surface area (TPSA) is 52.4 Å². The molecule has 2 N–H and O–H groups in total. The van der Waals surface area contributed by atoms with Gasteiger partial charge in [-0.05, 0) is 17.7 Å². The summed E-state index contributed by atoms with van der Waals surface area (Å²) in [6.07, 6.45) is 0.509. The predicted molar refractivity (Wildman–Crippen MR) is 95.6 cm³/mol. The third-order valence-corrected chi connectivity index (χ3v) is 4.63. The maximum absolute atomic E-state index is 10.4. The number of hydrogen-bond acceptors (Lipinski definition) is 4. The molecule has 1 unspecified atom stereocenters. The highest BCUT2D eigenvalue weighted by atomic mass is 16.5. The molecule has 1 heterocycles. The Kier molecular flexibility index (Phi) is 5.79. The van der Waals surface area contributed by atoms with Crippen LogP contribution in [0.15, 0.2) is 42.5 Å². The third kappa shape index (κ3) is 4.24. The van der Waals surface area contributed by atoms with Crippen LogP contribution in [0.1, 0.15) is 11.1 Å². The van der Waals surface area contributed by atoms with Gasteiger partial charge in [0.15, 0.2) is 11.5 Å². The zero-order valence-corrected chi connectivity index (χ0v) is 14.8. The molecule has 0 aromatic heterocycles. The molecule has 0 bridgehead atoms. The Hall–Kier alpha value is -2.24. The maximum Gasteiger partial charge on any atom is 0.203 e. The fourth-order valence-corrected chi connectivity index (χ4v) is 3.35. The standard InChI is InChI=1S/C20H25NO4/c1-23-18-8-5-9-19(24-2)20(18)25-14-17(22)13-21-11-10-15-6-3-4-7-16(15)12-21/h3-9,17,22H,10-14H2,1-2H3/p+1/t17-/m0/s1. The smallest absolute Gasteiger partial charge is 0.203 e. The van der Waals surface area contributed by atoms with E-state index < -0.39 is 6.10 Å². The van der Waals surface area contributed by atoms with Gasteiger partial charge in [-0.3, -0.25) is 0 Å². The normalized spacial score (nSPS) is 17.5. The number of aliphatic hydroxyl groups is 1. The van der Waals surface area contributed by atoms with E-state index in [1.807, 2.05) is 18.2 Å². The van der Waals surface area contributed by atoms with Crippen LogP contribution in [-0.2, 0) is 13.0 Å². The van der Waals surface area contributed by atoms with Crippen molar-refractivity contribution in [2.75, 3.05) is 33.9 Å². The van der Waals surface area contributed by atoms with Crippen molar-refractivity contribution in [3.8, 4) is 17.2 Å². The Morgan fingerprint density at radius 2 is 1.68 bits per heavy atom. The van der Waals surface area contributed by atoms with Gasteiger partial charge in [0.25, 0.3) is 0 Å². The number of aliphatic hydroxyl groups excluding tert-OH is 1. The molecule has 3 rings (SSSR count). The molecular weight excluding hydrogens is 318 g/mol. The number of nitrogens with one attached hydrogen (secondary N) is 1. The molecule has 0 saturated carbocycles. The predicted octanol–water partition coefficient (Wildman–Crippen LogP) is 1.08. The number of para-hydroxylation sites is 1. The molecule has 0 saturated heterocycles. The van der Waals surface area contributed by atoms with Gasteiger partial charge in [0.2, 0.25) is 5.75 Å². The molecule has 1 aliphatic heterocycles. The van der Waals surface area contributed by atoms with Gasteiger partial charge in [-0.1, -0.05) is 30.3 Å². The van der Waals surface area contributed by atoms with Crippen LogP contribution in [0.3, 0.4) is 0 Å². The second-order valence-electron chi connectivity index (χ2n) is 6.36. The Morgan fingerprint density at radius 3 is 2.36 bits per heavy atom. The van der Waals surface area contributed by atoms with Gasteiger partial charge in [0.05, 0.1) is 20.8 Å². The first kappa shape index (κ1) is 17.6. The number of quaternary nitrogens is 1. The van der Waals surface area contributed by atoms with Crippen molar-refractivity contribution in [2.24, 2.45) is 0 Å². The van der Waals surface area contributed by atoms with Gasteiger partial charge in [-0.25, -0.2) is 0 Å². The lowest BCUT2D eigenvalue weighted by Crippen LogP contribution is -3.13. The SMILES string of the molecule is COc1cccc(OC)c1OC[C@@H](O)C[NH+]1CCc2ccccc2C1. The van der Waals surface area contributed by atoms with Gasteiger partial charge >= 0.3 is 0 Å². The van der Waals surface area contributed by atoms with Crippen LogP contribution in [0.5, 0.6) is 17.2 Å². The van der Waals surface area contributed by atoms with E-state index in [0.29, 0.717) is 23.8 Å². The lowest BCUT2D eigenvalue weighted by Gasteiger charge is -2.27. The maximum atomic E-state index is 10.4. The number of ether oxygens (including phenoxy) is 3. The van der Waals surface area contributed by atoms with Crippen LogP contribution in [0.4, 0.5) is 0 Å². The van der Waals surface area contributed by atoms with E-state index >= 15 is 0 Å². The van der Waals surface area contributed by atoms with Crippen molar-refractivity contribution in [3.63, 3.8) is 0 Å². The van der Waals surface area contributed by atoms with Crippen LogP contribution in [0.25, 0.3) is 0 Å². The summed E-state index contributed by atoms with van der Waals surface area (Å²) in [5, 5.41) is 10.4. The number of hydrogen-bond donors (Lipinski definition) is 2. The fourth-order valence-electron chi connectivity index (χ4n) is 3.35. The van der Waals surface area contributed by atoms with Crippen molar-refractivity contribution in [1.82, 2.24) is 0 Å². The Bertz CT molecular complexity index is 682. The number of rotatable bonds is 7. The molecule has 134 valence electrons. The Balaban J connectivity index is 1.57. The van der Waals surface area contributed by atoms with Crippen molar-refractivity contribution in [1.29, 1.82) is 0 Å². The average Bonchev–Trinajstić information content (AvgIpc) is 2.65. The van der Waals surface area contributed by atoms with Gasteiger partial charge in [0.1, 0.15) is 25.8 Å². The summed E-state index contributed by atoms with van der Waals surface area (Å²) in [4.78, 5) is 1.38. The van der Waals surface area contributed by atoms with Crippen molar-refractivity contribution in [2.45, 2.75) is 19.1 Å². The van der Waals surface area contributed by atoms with E-state index in [9.17, 15) is 5.11 Å². The molecule has 0 spiro atoms. The summed E-state index contributed by atoms with van der Waals surface area (Å²) >= 11 is 0. The number of benzene rings is 2. The molecule has 0 amide bonds. The molecular formula is C20H26NO4+. The van der Waals surface area contributed by atoms with Crippen LogP contribution >= 0.6 is 0 Å². The molecule has 0 aliphatic carbocycles. The zero-order valence-electron chi connectivity index (χ0n) is 14.8. The first-order chi connectivity index (χ1) is 12.2. The van der Waals surface area contributed by atoms with E-state index in [4.69, 9.17) is 14.2 Å². The minimum Gasteiger partial charge on any atom is -0.493 e. The molecule has 2 aromatic rings. The molecule has 0 fully saturated rings. The minimum atomic E-state index is -0.546. The second kappa shape index (κ2) is 8.23. The summed E-state index contributed by atoms with van der Waals surface area (Å²) in [6, 6.07) is 14.0. The monoisotopic (exact) mass is 344 g/mol. The zero-order chi connectivity index (χ0) is 17.6. The summed E-state index contributed by atoms with van der Waals surface area (Å²) in [5.74, 6) is 1.74. The van der Waals surface area contributed by atoms with Gasteiger partial charge in [0, 0.05) is 12.0 Å². The Labute approximate surface area is 148 Å². The first-order valence-corrected chi connectivity index (χ1v) is 8.63. The van der Waals surface area contributed by atoms with Crippen molar-refractivity contribution in [3.05, 3.63) is 53.6 Å². The van der Waals surface area contributed by atoms with E-state index in [0.717, 1.165) is 19.5 Å². The molecule has 2 atom stereocenters. The molecule has 5 nitrogen and oxygen atoms in total. The molecule has 25 heavy (non-hydrogen) atoms. The first-order valence-electron chi connectivity index (χ1n) is 8.63. The number of fused-ring (bicyclic) bond motifs is 1. The van der Waals surface area contributed by atoms with Gasteiger partial charge in [-0.15, -0.1) is 0 Å². The minimum absolute atomic E-state index is 0.210. The highest BCUT2D eigenvalue weighted by Gasteiger charge is 2.22. The fraction of sp³-hybridized carbons (Fsp3) is 0.400. The van der Waals surface area contributed by atoms with Gasteiger partial charge < -0.3 is 24.2 Å². The summed E-state index contributed by atoms with van der Waals surface area (Å²) < 4.78 is 16.4. The highest BCUT2D eigenvalue weighted by molar-refractivity contribution is 5.51. The molecule has 1 aliphatic rings. The summed E-state index contributed by atoms with van der Waals surface area (Å²) in [7, 11) is 3.18. The molecule has 0 radical (unpaired) electrons. The third-order valence-electron chi connectivity index (χ3n) is 4.63. The van der Waals surface area contributed by atoms with Crippen LogP contribution < -0.4 is 19.1 Å².